The third-order valence-electron chi connectivity index (χ3n) is 3.75. The van der Waals surface area contributed by atoms with Crippen molar-refractivity contribution in [1.82, 2.24) is 5.32 Å². The van der Waals surface area contributed by atoms with Crippen LogP contribution in [0.5, 0.6) is 0 Å². The Morgan fingerprint density at radius 3 is 2.21 bits per heavy atom. The molecule has 1 rings (SSSR count). The van der Waals surface area contributed by atoms with E-state index in [4.69, 9.17) is 0 Å². The summed E-state index contributed by atoms with van der Waals surface area (Å²) in [4.78, 5) is 0. The van der Waals surface area contributed by atoms with Gasteiger partial charge in [-0.3, -0.25) is 0 Å². The molecule has 1 nitrogen and oxygen atoms in total. The van der Waals surface area contributed by atoms with E-state index in [9.17, 15) is 0 Å². The minimum absolute atomic E-state index is 0.601. The molecule has 0 saturated heterocycles. The number of hydrogen-bond donors (Lipinski definition) is 1. The predicted octanol–water partition coefficient (Wildman–Crippen LogP) is 5.19. The first kappa shape index (κ1) is 16.7. The molecule has 2 heteroatoms. The lowest BCUT2D eigenvalue weighted by atomic mass is 9.86. The topological polar surface area (TPSA) is 12.0 Å². The van der Waals surface area contributed by atoms with E-state index in [-0.39, 0.29) is 0 Å². The fraction of sp³-hybridized carbons (Fsp3) is 0.647. The Morgan fingerprint density at radius 2 is 1.68 bits per heavy atom. The van der Waals surface area contributed by atoms with Gasteiger partial charge in [-0.2, -0.15) is 0 Å². The van der Waals surface area contributed by atoms with Gasteiger partial charge >= 0.3 is 0 Å². The molecule has 0 heterocycles. The van der Waals surface area contributed by atoms with Crippen molar-refractivity contribution in [2.75, 3.05) is 6.54 Å². The van der Waals surface area contributed by atoms with E-state index in [1.807, 2.05) is 0 Å². The second-order valence-corrected chi connectivity index (χ2v) is 6.15. The fourth-order valence-electron chi connectivity index (χ4n) is 2.86. The first-order valence-corrected chi connectivity index (χ1v) is 8.48. The van der Waals surface area contributed by atoms with Crippen LogP contribution < -0.4 is 5.32 Å². The summed E-state index contributed by atoms with van der Waals surface area (Å²) in [6.07, 6.45) is 6.34. The van der Waals surface area contributed by atoms with Crippen molar-refractivity contribution in [2.24, 2.45) is 5.92 Å². The van der Waals surface area contributed by atoms with Gasteiger partial charge in [0.25, 0.3) is 0 Å². The monoisotopic (exact) mass is 325 g/mol. The van der Waals surface area contributed by atoms with Crippen LogP contribution in [0.3, 0.4) is 0 Å². The van der Waals surface area contributed by atoms with Crippen LogP contribution in [0.4, 0.5) is 0 Å². The van der Waals surface area contributed by atoms with Crippen LogP contribution in [0.2, 0.25) is 0 Å². The molecule has 0 aromatic heterocycles. The molecule has 0 saturated carbocycles. The van der Waals surface area contributed by atoms with E-state index < -0.39 is 0 Å². The Morgan fingerprint density at radius 1 is 1.05 bits per heavy atom. The van der Waals surface area contributed by atoms with Crippen LogP contribution in [-0.4, -0.2) is 12.6 Å². The molecule has 0 aliphatic heterocycles. The van der Waals surface area contributed by atoms with Crippen LogP contribution >= 0.6 is 15.9 Å². The molecule has 0 bridgehead atoms. The number of likely N-dealkylation sites (N-methyl/N-ethyl adjacent to an activating group) is 1. The van der Waals surface area contributed by atoms with E-state index in [1.54, 1.807) is 0 Å². The summed E-state index contributed by atoms with van der Waals surface area (Å²) in [5.41, 5.74) is 1.42. The molecule has 1 N–H and O–H groups in total. The summed E-state index contributed by atoms with van der Waals surface area (Å²) in [6, 6.07) is 9.21. The second kappa shape index (κ2) is 9.55. The van der Waals surface area contributed by atoms with Gasteiger partial charge in [0, 0.05) is 10.5 Å². The summed E-state index contributed by atoms with van der Waals surface area (Å²) in [5, 5.41) is 3.71. The highest BCUT2D eigenvalue weighted by molar-refractivity contribution is 9.10. The standard InChI is InChI=1S/C17H28BrN/c1-4-9-14(10-5-2)17(19-6-3)13-15-11-7-8-12-16(15)18/h7-8,11-12,14,17,19H,4-6,9-10,13H2,1-3H3. The van der Waals surface area contributed by atoms with E-state index in [2.05, 4.69) is 66.3 Å². The summed E-state index contributed by atoms with van der Waals surface area (Å²) in [7, 11) is 0. The molecule has 0 aliphatic carbocycles. The summed E-state index contributed by atoms with van der Waals surface area (Å²) in [6.45, 7) is 7.86. The first-order chi connectivity index (χ1) is 9.22. The van der Waals surface area contributed by atoms with Crippen molar-refractivity contribution in [3.63, 3.8) is 0 Å². The molecule has 108 valence electrons. The molecule has 0 amide bonds. The first-order valence-electron chi connectivity index (χ1n) is 7.69. The van der Waals surface area contributed by atoms with E-state index in [1.165, 1.54) is 35.7 Å². The molecule has 0 spiro atoms. The zero-order chi connectivity index (χ0) is 14.1. The molecular weight excluding hydrogens is 298 g/mol. The molecule has 1 atom stereocenters. The zero-order valence-corrected chi connectivity index (χ0v) is 14.2. The van der Waals surface area contributed by atoms with Gasteiger partial charge in [0.1, 0.15) is 0 Å². The number of benzene rings is 1. The fourth-order valence-corrected chi connectivity index (χ4v) is 3.30. The predicted molar refractivity (Wildman–Crippen MR) is 88.6 cm³/mol. The Labute approximate surface area is 127 Å². The second-order valence-electron chi connectivity index (χ2n) is 5.30. The SMILES string of the molecule is CCCC(CCC)C(Cc1ccccc1Br)NCC. The highest BCUT2D eigenvalue weighted by Crippen LogP contribution is 2.24. The van der Waals surface area contributed by atoms with E-state index in [0.717, 1.165) is 18.9 Å². The van der Waals surface area contributed by atoms with Gasteiger partial charge in [-0.05, 0) is 43.4 Å². The summed E-state index contributed by atoms with van der Waals surface area (Å²) >= 11 is 3.68. The van der Waals surface area contributed by atoms with Crippen molar-refractivity contribution in [2.45, 2.75) is 58.9 Å². The molecule has 1 aromatic carbocycles. The third-order valence-corrected chi connectivity index (χ3v) is 4.53. The lowest BCUT2D eigenvalue weighted by Gasteiger charge is -2.28. The van der Waals surface area contributed by atoms with Gasteiger partial charge in [0.2, 0.25) is 0 Å². The third kappa shape index (κ3) is 5.66. The average molecular weight is 326 g/mol. The van der Waals surface area contributed by atoms with Crippen molar-refractivity contribution < 1.29 is 0 Å². The van der Waals surface area contributed by atoms with Crippen LogP contribution in [0.25, 0.3) is 0 Å². The quantitative estimate of drug-likeness (QED) is 0.659. The van der Waals surface area contributed by atoms with E-state index >= 15 is 0 Å². The van der Waals surface area contributed by atoms with Gasteiger partial charge in [-0.15, -0.1) is 0 Å². The number of hydrogen-bond acceptors (Lipinski definition) is 1. The van der Waals surface area contributed by atoms with Crippen molar-refractivity contribution in [1.29, 1.82) is 0 Å². The van der Waals surface area contributed by atoms with Crippen LogP contribution in [0.15, 0.2) is 28.7 Å². The Hall–Kier alpha value is -0.340. The largest absolute Gasteiger partial charge is 0.314 e. The minimum Gasteiger partial charge on any atom is -0.314 e. The van der Waals surface area contributed by atoms with Gasteiger partial charge < -0.3 is 5.32 Å². The van der Waals surface area contributed by atoms with Crippen LogP contribution in [-0.2, 0) is 6.42 Å². The highest BCUT2D eigenvalue weighted by atomic mass is 79.9. The van der Waals surface area contributed by atoms with Gasteiger partial charge in [0.15, 0.2) is 0 Å². The van der Waals surface area contributed by atoms with Crippen molar-refractivity contribution in [3.8, 4) is 0 Å². The maximum Gasteiger partial charge on any atom is 0.0207 e. The molecule has 0 radical (unpaired) electrons. The maximum absolute atomic E-state index is 3.71. The molecule has 0 aliphatic rings. The average Bonchev–Trinajstić information content (AvgIpc) is 2.40. The van der Waals surface area contributed by atoms with Gasteiger partial charge in [0.05, 0.1) is 0 Å². The summed E-state index contributed by atoms with van der Waals surface area (Å²) in [5.74, 6) is 0.794. The number of nitrogens with one attached hydrogen (secondary N) is 1. The molecule has 1 aromatic rings. The Balaban J connectivity index is 2.77. The van der Waals surface area contributed by atoms with Crippen molar-refractivity contribution in [3.05, 3.63) is 34.3 Å². The molecule has 19 heavy (non-hydrogen) atoms. The van der Waals surface area contributed by atoms with E-state index in [0.29, 0.717) is 6.04 Å². The lowest BCUT2D eigenvalue weighted by Crippen LogP contribution is -2.38. The zero-order valence-electron chi connectivity index (χ0n) is 12.6. The van der Waals surface area contributed by atoms with Crippen LogP contribution in [0.1, 0.15) is 52.0 Å². The lowest BCUT2D eigenvalue weighted by molar-refractivity contribution is 0.312. The molecule has 1 unspecified atom stereocenters. The van der Waals surface area contributed by atoms with Gasteiger partial charge in [-0.1, -0.05) is 67.7 Å². The minimum atomic E-state index is 0.601. The Kier molecular flexibility index (Phi) is 8.40. The van der Waals surface area contributed by atoms with Crippen LogP contribution in [0, 0.1) is 5.92 Å². The molecule has 0 fully saturated rings. The number of rotatable bonds is 9. The summed E-state index contributed by atoms with van der Waals surface area (Å²) < 4.78 is 1.24. The maximum atomic E-state index is 3.71. The normalized spacial score (nSPS) is 12.9. The Bertz CT molecular complexity index is 345. The highest BCUT2D eigenvalue weighted by Gasteiger charge is 2.20. The van der Waals surface area contributed by atoms with Gasteiger partial charge in [-0.25, -0.2) is 0 Å². The number of halogens is 1. The van der Waals surface area contributed by atoms with Crippen molar-refractivity contribution >= 4 is 15.9 Å². The molecular formula is C17H28BrN. The smallest absolute Gasteiger partial charge is 0.0207 e.